The first-order valence-electron chi connectivity index (χ1n) is 10.9. The summed E-state index contributed by atoms with van der Waals surface area (Å²) < 4.78 is 16.0. The third kappa shape index (κ3) is 9.97. The SMILES string of the molecule is CCCCCCCCOC(=O)C(=CCCc1coc([Si](C)(C)C)c1)C(=O)OCC. The molecule has 5 nitrogen and oxygen atoms in total. The summed E-state index contributed by atoms with van der Waals surface area (Å²) in [6.07, 6.45) is 11.3. The van der Waals surface area contributed by atoms with E-state index in [-0.39, 0.29) is 12.2 Å². The molecule has 0 atom stereocenters. The van der Waals surface area contributed by atoms with Crippen molar-refractivity contribution in [3.05, 3.63) is 29.5 Å². The molecule has 1 heterocycles. The Kier molecular flexibility index (Phi) is 11.7. The molecule has 29 heavy (non-hydrogen) atoms. The van der Waals surface area contributed by atoms with E-state index in [1.807, 2.05) is 0 Å². The van der Waals surface area contributed by atoms with Crippen molar-refractivity contribution in [1.29, 1.82) is 0 Å². The van der Waals surface area contributed by atoms with Crippen molar-refractivity contribution < 1.29 is 23.5 Å². The second-order valence-electron chi connectivity index (χ2n) is 8.35. The smallest absolute Gasteiger partial charge is 0.345 e. The standard InChI is InChI=1S/C23H38O5Si/c1-6-8-9-10-11-12-16-27-23(25)20(22(24)26-7-2)15-13-14-19-17-21(28-18-19)29(3,4)5/h15,17-18H,6-14,16H2,1-5H3. The van der Waals surface area contributed by atoms with Gasteiger partial charge in [0.15, 0.2) is 0 Å². The first-order chi connectivity index (χ1) is 13.8. The van der Waals surface area contributed by atoms with Crippen LogP contribution in [0.5, 0.6) is 0 Å². The molecule has 1 aromatic rings. The molecule has 0 aromatic carbocycles. The third-order valence-electron chi connectivity index (χ3n) is 4.62. The van der Waals surface area contributed by atoms with E-state index in [1.165, 1.54) is 19.3 Å². The summed E-state index contributed by atoms with van der Waals surface area (Å²) in [6, 6.07) is 2.08. The summed E-state index contributed by atoms with van der Waals surface area (Å²) in [6.45, 7) is 11.2. The van der Waals surface area contributed by atoms with E-state index < -0.39 is 20.0 Å². The van der Waals surface area contributed by atoms with Gasteiger partial charge in [-0.15, -0.1) is 0 Å². The molecule has 0 unspecified atom stereocenters. The van der Waals surface area contributed by atoms with Gasteiger partial charge in [0.2, 0.25) is 0 Å². The number of carbonyl (C=O) groups excluding carboxylic acids is 2. The number of aryl methyl sites for hydroxylation is 1. The Labute approximate surface area is 176 Å². The van der Waals surface area contributed by atoms with E-state index in [4.69, 9.17) is 13.9 Å². The highest BCUT2D eigenvalue weighted by Crippen LogP contribution is 2.12. The molecule has 0 aliphatic carbocycles. The topological polar surface area (TPSA) is 65.7 Å². The van der Waals surface area contributed by atoms with E-state index in [0.29, 0.717) is 19.4 Å². The van der Waals surface area contributed by atoms with Gasteiger partial charge in [0, 0.05) is 0 Å². The predicted molar refractivity (Wildman–Crippen MR) is 119 cm³/mol. The van der Waals surface area contributed by atoms with E-state index >= 15 is 0 Å². The quantitative estimate of drug-likeness (QED) is 0.104. The first kappa shape index (κ1) is 25.2. The molecule has 0 N–H and O–H groups in total. The van der Waals surface area contributed by atoms with Crippen molar-refractivity contribution in [2.75, 3.05) is 13.2 Å². The fourth-order valence-electron chi connectivity index (χ4n) is 2.87. The lowest BCUT2D eigenvalue weighted by Gasteiger charge is -2.10. The van der Waals surface area contributed by atoms with Gasteiger partial charge >= 0.3 is 11.9 Å². The molecule has 0 amide bonds. The van der Waals surface area contributed by atoms with Gasteiger partial charge in [-0.25, -0.2) is 9.59 Å². The van der Waals surface area contributed by atoms with E-state index in [1.54, 1.807) is 19.3 Å². The highest BCUT2D eigenvalue weighted by Gasteiger charge is 2.22. The number of esters is 2. The van der Waals surface area contributed by atoms with Crippen LogP contribution in [0.1, 0.15) is 64.4 Å². The lowest BCUT2D eigenvalue weighted by Crippen LogP contribution is -2.36. The lowest BCUT2D eigenvalue weighted by atomic mass is 10.1. The van der Waals surface area contributed by atoms with Crippen molar-refractivity contribution in [3.8, 4) is 0 Å². The molecule has 0 aliphatic heterocycles. The Hall–Kier alpha value is -1.82. The number of furan rings is 1. The normalized spacial score (nSPS) is 12.1. The van der Waals surface area contributed by atoms with Crippen LogP contribution in [0.15, 0.2) is 28.4 Å². The highest BCUT2D eigenvalue weighted by atomic mass is 28.3. The summed E-state index contributed by atoms with van der Waals surface area (Å²) in [5, 5.41) is 1.06. The molecule has 0 bridgehead atoms. The van der Waals surface area contributed by atoms with Crippen LogP contribution in [0.4, 0.5) is 0 Å². The molecule has 1 aromatic heterocycles. The molecule has 0 fully saturated rings. The lowest BCUT2D eigenvalue weighted by molar-refractivity contribution is -0.147. The van der Waals surface area contributed by atoms with Gasteiger partial charge in [-0.05, 0) is 37.8 Å². The Bertz CT molecular complexity index is 654. The Morgan fingerprint density at radius 1 is 1.00 bits per heavy atom. The van der Waals surface area contributed by atoms with E-state index in [9.17, 15) is 9.59 Å². The highest BCUT2D eigenvalue weighted by molar-refractivity contribution is 6.87. The van der Waals surface area contributed by atoms with Crippen LogP contribution >= 0.6 is 0 Å². The average molecular weight is 423 g/mol. The van der Waals surface area contributed by atoms with Crippen LogP contribution in [-0.2, 0) is 25.5 Å². The molecule has 0 saturated heterocycles. The minimum Gasteiger partial charge on any atom is -0.474 e. The maximum absolute atomic E-state index is 12.4. The zero-order valence-corrected chi connectivity index (χ0v) is 19.8. The van der Waals surface area contributed by atoms with Crippen molar-refractivity contribution in [2.24, 2.45) is 0 Å². The second kappa shape index (κ2) is 13.4. The zero-order chi connectivity index (χ0) is 21.7. The minimum atomic E-state index is -1.48. The second-order valence-corrected chi connectivity index (χ2v) is 13.3. The molecule has 0 radical (unpaired) electrons. The van der Waals surface area contributed by atoms with E-state index in [2.05, 4.69) is 32.6 Å². The molecule has 0 saturated carbocycles. The van der Waals surface area contributed by atoms with Crippen molar-refractivity contribution in [3.63, 3.8) is 0 Å². The average Bonchev–Trinajstić information content (AvgIpc) is 3.14. The van der Waals surface area contributed by atoms with Crippen molar-refractivity contribution in [1.82, 2.24) is 0 Å². The Morgan fingerprint density at radius 2 is 1.66 bits per heavy atom. The number of allylic oxidation sites excluding steroid dienone is 1. The number of rotatable bonds is 14. The van der Waals surface area contributed by atoms with Crippen LogP contribution < -0.4 is 5.38 Å². The number of hydrogen-bond donors (Lipinski definition) is 0. The van der Waals surface area contributed by atoms with Crippen molar-refractivity contribution >= 4 is 25.4 Å². The van der Waals surface area contributed by atoms with Gasteiger partial charge in [-0.1, -0.05) is 64.7 Å². The van der Waals surface area contributed by atoms with Gasteiger partial charge < -0.3 is 13.9 Å². The number of ether oxygens (including phenoxy) is 2. The molecule has 0 spiro atoms. The van der Waals surface area contributed by atoms with Gasteiger partial charge in [-0.2, -0.15) is 0 Å². The van der Waals surface area contributed by atoms with Crippen LogP contribution in [0.25, 0.3) is 0 Å². The summed E-state index contributed by atoms with van der Waals surface area (Å²) in [5.41, 5.74) is 1.06. The fourth-order valence-corrected chi connectivity index (χ4v) is 3.90. The molecule has 0 aliphatic rings. The summed E-state index contributed by atoms with van der Waals surface area (Å²) in [5.74, 6) is -1.21. The van der Waals surface area contributed by atoms with Gasteiger partial charge in [0.1, 0.15) is 13.6 Å². The van der Waals surface area contributed by atoms with Gasteiger partial charge in [0.25, 0.3) is 0 Å². The minimum absolute atomic E-state index is 0.00764. The number of unbranched alkanes of at least 4 members (excludes halogenated alkanes) is 5. The van der Waals surface area contributed by atoms with Crippen molar-refractivity contribution in [2.45, 2.75) is 84.9 Å². The first-order valence-corrected chi connectivity index (χ1v) is 14.4. The molecule has 164 valence electrons. The summed E-state index contributed by atoms with van der Waals surface area (Å²) >= 11 is 0. The zero-order valence-electron chi connectivity index (χ0n) is 18.8. The fraction of sp³-hybridized carbons (Fsp3) is 0.652. The Balaban J connectivity index is 2.56. The maximum atomic E-state index is 12.4. The summed E-state index contributed by atoms with van der Waals surface area (Å²) in [4.78, 5) is 24.5. The third-order valence-corrected chi connectivity index (χ3v) is 6.36. The number of hydrogen-bond acceptors (Lipinski definition) is 5. The van der Waals surface area contributed by atoms with Crippen LogP contribution in [0.3, 0.4) is 0 Å². The molecule has 6 heteroatoms. The molecule has 1 rings (SSSR count). The maximum Gasteiger partial charge on any atom is 0.345 e. The molecular formula is C23H38O5Si. The monoisotopic (exact) mass is 422 g/mol. The van der Waals surface area contributed by atoms with E-state index in [0.717, 1.165) is 30.2 Å². The predicted octanol–water partition coefficient (Wildman–Crippen LogP) is 5.15. The van der Waals surface area contributed by atoms with Crippen LogP contribution in [0.2, 0.25) is 19.6 Å². The molecular weight excluding hydrogens is 384 g/mol. The van der Waals surface area contributed by atoms with Crippen LogP contribution in [-0.4, -0.2) is 33.2 Å². The summed E-state index contributed by atoms with van der Waals surface area (Å²) in [7, 11) is -1.48. The van der Waals surface area contributed by atoms with Gasteiger partial charge in [0.05, 0.1) is 24.9 Å². The Morgan fingerprint density at radius 3 is 2.28 bits per heavy atom. The van der Waals surface area contributed by atoms with Gasteiger partial charge in [-0.3, -0.25) is 0 Å². The largest absolute Gasteiger partial charge is 0.474 e. The van der Waals surface area contributed by atoms with Crippen LogP contribution in [0, 0.1) is 0 Å². The number of carbonyl (C=O) groups is 2.